The van der Waals surface area contributed by atoms with Crippen molar-refractivity contribution >= 4 is 17.5 Å². The lowest BCUT2D eigenvalue weighted by molar-refractivity contribution is 0.0891. The van der Waals surface area contributed by atoms with Crippen LogP contribution in [0.15, 0.2) is 42.6 Å². The van der Waals surface area contributed by atoms with Gasteiger partial charge in [-0.15, -0.1) is 0 Å². The molecule has 0 aliphatic carbocycles. The maximum atomic E-state index is 12.5. The van der Waals surface area contributed by atoms with Crippen LogP contribution in [0.25, 0.3) is 0 Å². The van der Waals surface area contributed by atoms with Crippen LogP contribution >= 0.6 is 11.6 Å². The minimum atomic E-state index is -0.359. The Balaban J connectivity index is 2.23. The molecule has 1 N–H and O–H groups in total. The van der Waals surface area contributed by atoms with Gasteiger partial charge in [0.25, 0.3) is 5.91 Å². The molecule has 1 aromatic heterocycles. The summed E-state index contributed by atoms with van der Waals surface area (Å²) in [5, 5.41) is 3.35. The zero-order chi connectivity index (χ0) is 15.9. The first-order chi connectivity index (χ1) is 10.7. The number of aromatic nitrogens is 1. The Hall–Kier alpha value is -2.11. The second-order valence-corrected chi connectivity index (χ2v) is 5.02. The Kier molecular flexibility index (Phi) is 5.75. The topological polar surface area (TPSA) is 60.5 Å². The molecule has 2 aromatic rings. The number of pyridine rings is 1. The zero-order valence-electron chi connectivity index (χ0n) is 12.4. The van der Waals surface area contributed by atoms with E-state index in [0.29, 0.717) is 22.9 Å². The highest BCUT2D eigenvalue weighted by Gasteiger charge is 2.19. The van der Waals surface area contributed by atoms with Gasteiger partial charge >= 0.3 is 0 Å². The van der Waals surface area contributed by atoms with E-state index in [1.54, 1.807) is 31.5 Å². The lowest BCUT2D eigenvalue weighted by atomic mass is 10.1. The number of carbonyl (C=O) groups excluding carboxylic acids is 1. The smallest absolute Gasteiger partial charge is 0.255 e. The molecule has 0 saturated heterocycles. The third-order valence-electron chi connectivity index (χ3n) is 3.09. The molecule has 1 atom stereocenters. The van der Waals surface area contributed by atoms with E-state index in [0.717, 1.165) is 5.69 Å². The molecule has 0 spiro atoms. The first kappa shape index (κ1) is 16.3. The minimum absolute atomic E-state index is 0.299. The second-order valence-electron chi connectivity index (χ2n) is 4.58. The Morgan fingerprint density at radius 2 is 2.14 bits per heavy atom. The first-order valence-electron chi connectivity index (χ1n) is 6.70. The molecule has 6 heteroatoms. The highest BCUT2D eigenvalue weighted by Crippen LogP contribution is 2.23. The average Bonchev–Trinajstić information content (AvgIpc) is 2.55. The SMILES string of the molecule is COCC(NC(=O)c1cc(Cl)ccc1OC)c1ccccn1. The average molecular weight is 321 g/mol. The largest absolute Gasteiger partial charge is 0.496 e. The van der Waals surface area contributed by atoms with Crippen molar-refractivity contribution in [1.82, 2.24) is 10.3 Å². The predicted molar refractivity (Wildman–Crippen MR) is 84.3 cm³/mol. The molecule has 22 heavy (non-hydrogen) atoms. The summed E-state index contributed by atoms with van der Waals surface area (Å²) in [6.45, 7) is 0.311. The fourth-order valence-corrected chi connectivity index (χ4v) is 2.22. The van der Waals surface area contributed by atoms with Crippen LogP contribution < -0.4 is 10.1 Å². The summed E-state index contributed by atoms with van der Waals surface area (Å²) in [6, 6.07) is 10.0. The van der Waals surface area contributed by atoms with Gasteiger partial charge in [0.2, 0.25) is 0 Å². The van der Waals surface area contributed by atoms with Crippen LogP contribution in [0.3, 0.4) is 0 Å². The van der Waals surface area contributed by atoms with Crippen molar-refractivity contribution in [3.05, 3.63) is 58.9 Å². The van der Waals surface area contributed by atoms with Crippen LogP contribution in [0.5, 0.6) is 5.75 Å². The number of halogens is 1. The van der Waals surface area contributed by atoms with Gasteiger partial charge in [0, 0.05) is 18.3 Å². The summed E-state index contributed by atoms with van der Waals surface area (Å²) >= 11 is 5.96. The quantitative estimate of drug-likeness (QED) is 0.889. The summed E-state index contributed by atoms with van der Waals surface area (Å²) < 4.78 is 10.4. The Morgan fingerprint density at radius 3 is 2.77 bits per heavy atom. The molecule has 0 bridgehead atoms. The maximum absolute atomic E-state index is 12.5. The molecule has 1 unspecified atom stereocenters. The molecular weight excluding hydrogens is 304 g/mol. The van der Waals surface area contributed by atoms with Crippen LogP contribution in [-0.2, 0) is 4.74 Å². The van der Waals surface area contributed by atoms with Crippen molar-refractivity contribution < 1.29 is 14.3 Å². The van der Waals surface area contributed by atoms with Gasteiger partial charge < -0.3 is 14.8 Å². The molecule has 116 valence electrons. The van der Waals surface area contributed by atoms with Gasteiger partial charge in [-0.3, -0.25) is 9.78 Å². The number of benzene rings is 1. The fourth-order valence-electron chi connectivity index (χ4n) is 2.04. The zero-order valence-corrected chi connectivity index (χ0v) is 13.1. The summed E-state index contributed by atoms with van der Waals surface area (Å²) in [7, 11) is 3.08. The van der Waals surface area contributed by atoms with Crippen molar-refractivity contribution in [3.8, 4) is 5.75 Å². The number of hydrogen-bond acceptors (Lipinski definition) is 4. The number of rotatable bonds is 6. The normalized spacial score (nSPS) is 11.8. The molecule has 0 aliphatic rings. The number of amides is 1. The van der Waals surface area contributed by atoms with E-state index >= 15 is 0 Å². The molecule has 0 saturated carbocycles. The summed E-state index contributed by atoms with van der Waals surface area (Å²) in [5.74, 6) is 0.158. The van der Waals surface area contributed by atoms with E-state index in [-0.39, 0.29) is 11.9 Å². The monoisotopic (exact) mass is 320 g/mol. The Labute approximate surface area is 134 Å². The van der Waals surface area contributed by atoms with Crippen molar-refractivity contribution in [2.24, 2.45) is 0 Å². The second kappa shape index (κ2) is 7.77. The highest BCUT2D eigenvalue weighted by molar-refractivity contribution is 6.31. The first-order valence-corrected chi connectivity index (χ1v) is 7.07. The highest BCUT2D eigenvalue weighted by atomic mass is 35.5. The standard InChI is InChI=1S/C16H17ClN2O3/c1-21-10-14(13-5-3-4-8-18-13)19-16(20)12-9-11(17)6-7-15(12)22-2/h3-9,14H,10H2,1-2H3,(H,19,20). The third-order valence-corrected chi connectivity index (χ3v) is 3.32. The van der Waals surface area contributed by atoms with Gasteiger partial charge in [-0.1, -0.05) is 17.7 Å². The van der Waals surface area contributed by atoms with Crippen LogP contribution in [0.4, 0.5) is 0 Å². The Bertz CT molecular complexity index is 635. The van der Waals surface area contributed by atoms with Crippen LogP contribution in [0, 0.1) is 0 Å². The van der Waals surface area contributed by atoms with Crippen LogP contribution in [0.2, 0.25) is 5.02 Å². The van der Waals surface area contributed by atoms with Crippen LogP contribution in [0.1, 0.15) is 22.1 Å². The van der Waals surface area contributed by atoms with Gasteiger partial charge in [0.05, 0.1) is 31.0 Å². The third kappa shape index (κ3) is 3.96. The number of carbonyl (C=O) groups is 1. The minimum Gasteiger partial charge on any atom is -0.496 e. The molecular formula is C16H17ClN2O3. The van der Waals surface area contributed by atoms with E-state index in [9.17, 15) is 4.79 Å². The number of ether oxygens (including phenoxy) is 2. The number of nitrogens with zero attached hydrogens (tertiary/aromatic N) is 1. The maximum Gasteiger partial charge on any atom is 0.255 e. The molecule has 1 aromatic carbocycles. The molecule has 2 rings (SSSR count). The van der Waals surface area contributed by atoms with E-state index in [1.807, 2.05) is 18.2 Å². The number of methoxy groups -OCH3 is 2. The number of hydrogen-bond donors (Lipinski definition) is 1. The van der Waals surface area contributed by atoms with E-state index in [2.05, 4.69) is 10.3 Å². The van der Waals surface area contributed by atoms with Gasteiger partial charge in [-0.05, 0) is 30.3 Å². The van der Waals surface area contributed by atoms with E-state index < -0.39 is 0 Å². The van der Waals surface area contributed by atoms with E-state index in [1.165, 1.54) is 7.11 Å². The summed E-state index contributed by atoms with van der Waals surface area (Å²) in [4.78, 5) is 16.8. The van der Waals surface area contributed by atoms with Gasteiger partial charge in [0.15, 0.2) is 0 Å². The van der Waals surface area contributed by atoms with Crippen molar-refractivity contribution in [1.29, 1.82) is 0 Å². The van der Waals surface area contributed by atoms with Gasteiger partial charge in [-0.2, -0.15) is 0 Å². The molecule has 0 radical (unpaired) electrons. The van der Waals surface area contributed by atoms with E-state index in [4.69, 9.17) is 21.1 Å². The Morgan fingerprint density at radius 1 is 1.32 bits per heavy atom. The lowest BCUT2D eigenvalue weighted by Gasteiger charge is -2.18. The predicted octanol–water partition coefficient (Wildman–Crippen LogP) is 2.86. The fraction of sp³-hybridized carbons (Fsp3) is 0.250. The molecule has 0 fully saturated rings. The molecule has 5 nitrogen and oxygen atoms in total. The van der Waals surface area contributed by atoms with Gasteiger partial charge in [0.1, 0.15) is 5.75 Å². The van der Waals surface area contributed by atoms with Gasteiger partial charge in [-0.25, -0.2) is 0 Å². The molecule has 1 amide bonds. The molecule has 0 aliphatic heterocycles. The summed E-state index contributed by atoms with van der Waals surface area (Å²) in [6.07, 6.45) is 1.67. The summed E-state index contributed by atoms with van der Waals surface area (Å²) in [5.41, 5.74) is 1.09. The van der Waals surface area contributed by atoms with Crippen molar-refractivity contribution in [2.75, 3.05) is 20.8 Å². The van der Waals surface area contributed by atoms with Crippen LogP contribution in [-0.4, -0.2) is 31.7 Å². The van der Waals surface area contributed by atoms with Crippen molar-refractivity contribution in [3.63, 3.8) is 0 Å². The molecule has 1 heterocycles. The van der Waals surface area contributed by atoms with Crippen molar-refractivity contribution in [2.45, 2.75) is 6.04 Å². The number of nitrogens with one attached hydrogen (secondary N) is 1. The lowest BCUT2D eigenvalue weighted by Crippen LogP contribution is -2.32.